The summed E-state index contributed by atoms with van der Waals surface area (Å²) in [7, 11) is 0. The number of nitrogens with one attached hydrogen (secondary N) is 2. The maximum atomic E-state index is 13.0. The molecule has 0 aliphatic carbocycles. The molecule has 5 heterocycles. The lowest BCUT2D eigenvalue weighted by atomic mass is 9.84. The van der Waals surface area contributed by atoms with Gasteiger partial charge in [0.15, 0.2) is 10.8 Å². The van der Waals surface area contributed by atoms with E-state index in [4.69, 9.17) is 4.74 Å². The van der Waals surface area contributed by atoms with Gasteiger partial charge >= 0.3 is 12.1 Å². The molecular weight excluding hydrogens is 483 g/mol. The van der Waals surface area contributed by atoms with Crippen molar-refractivity contribution in [1.29, 1.82) is 0 Å². The molecule has 0 saturated carbocycles. The fraction of sp³-hybridized carbons (Fsp3) is 0.318. The van der Waals surface area contributed by atoms with Crippen molar-refractivity contribution < 1.29 is 22.7 Å². The third-order valence-corrected chi connectivity index (χ3v) is 7.36. The lowest BCUT2D eigenvalue weighted by molar-refractivity contribution is -0.189. The first-order chi connectivity index (χ1) is 16.9. The van der Waals surface area contributed by atoms with Gasteiger partial charge in [-0.1, -0.05) is 17.4 Å². The van der Waals surface area contributed by atoms with Crippen LogP contribution in [0, 0.1) is 5.92 Å². The Balaban J connectivity index is 1.36. The number of ether oxygens (including phenoxy) is 1. The summed E-state index contributed by atoms with van der Waals surface area (Å²) in [6, 6.07) is 6.69. The molecule has 3 aromatic heterocycles. The van der Waals surface area contributed by atoms with E-state index in [9.17, 15) is 18.0 Å². The van der Waals surface area contributed by atoms with Crippen molar-refractivity contribution in [2.45, 2.75) is 18.6 Å². The second-order valence-electron chi connectivity index (χ2n) is 8.47. The number of anilines is 1. The number of carbonyl (C=O) groups is 1. The van der Waals surface area contributed by atoms with Crippen molar-refractivity contribution >= 4 is 32.8 Å². The van der Waals surface area contributed by atoms with Gasteiger partial charge in [0.25, 0.3) is 0 Å². The SMILES string of the molecule is O=C(Oc1cc(-c2cn[nH]c2)ccc1-c1cc2sc(N3C[C@H]4CCNC[C@H]43)nc2nn1)C(F)(F)F. The Hall–Kier alpha value is -3.58. The quantitative estimate of drug-likeness (QED) is 0.324. The number of nitrogens with zero attached hydrogens (tertiary/aromatic N) is 5. The average Bonchev–Trinajstić information content (AvgIpc) is 3.49. The van der Waals surface area contributed by atoms with Crippen LogP contribution < -0.4 is 15.0 Å². The molecule has 1 aromatic carbocycles. The van der Waals surface area contributed by atoms with Crippen molar-refractivity contribution in [3.05, 3.63) is 36.7 Å². The van der Waals surface area contributed by atoms with Crippen molar-refractivity contribution in [2.24, 2.45) is 5.92 Å². The highest BCUT2D eigenvalue weighted by molar-refractivity contribution is 7.22. The molecule has 0 radical (unpaired) electrons. The van der Waals surface area contributed by atoms with Gasteiger partial charge in [-0.3, -0.25) is 5.10 Å². The fourth-order valence-electron chi connectivity index (χ4n) is 4.50. The van der Waals surface area contributed by atoms with Gasteiger partial charge in [-0.15, -0.1) is 10.2 Å². The zero-order chi connectivity index (χ0) is 24.2. The molecule has 2 aliphatic heterocycles. The Bertz CT molecular complexity index is 1410. The summed E-state index contributed by atoms with van der Waals surface area (Å²) < 4.78 is 44.4. The zero-order valence-corrected chi connectivity index (χ0v) is 18.9. The second-order valence-corrected chi connectivity index (χ2v) is 9.48. The molecule has 2 atom stereocenters. The van der Waals surface area contributed by atoms with Crippen molar-refractivity contribution in [3.63, 3.8) is 0 Å². The van der Waals surface area contributed by atoms with Gasteiger partial charge in [0.1, 0.15) is 5.75 Å². The van der Waals surface area contributed by atoms with Gasteiger partial charge in [0.05, 0.1) is 16.6 Å². The van der Waals surface area contributed by atoms with Crippen molar-refractivity contribution in [3.8, 4) is 28.1 Å². The molecule has 0 spiro atoms. The minimum absolute atomic E-state index is 0.208. The monoisotopic (exact) mass is 501 g/mol. The fourth-order valence-corrected chi connectivity index (χ4v) is 5.50. The van der Waals surface area contributed by atoms with E-state index in [1.54, 1.807) is 24.4 Å². The molecule has 0 amide bonds. The Morgan fingerprint density at radius 2 is 2.09 bits per heavy atom. The first-order valence-corrected chi connectivity index (χ1v) is 11.7. The summed E-state index contributed by atoms with van der Waals surface area (Å²) in [5.74, 6) is -1.93. The number of halogens is 3. The second kappa shape index (κ2) is 8.27. The van der Waals surface area contributed by atoms with E-state index < -0.39 is 12.1 Å². The number of aromatic nitrogens is 5. The lowest BCUT2D eigenvalue weighted by Crippen LogP contribution is -2.63. The highest BCUT2D eigenvalue weighted by Gasteiger charge is 2.42. The van der Waals surface area contributed by atoms with Crippen LogP contribution in [0.2, 0.25) is 0 Å². The molecule has 13 heteroatoms. The van der Waals surface area contributed by atoms with E-state index in [0.717, 1.165) is 35.9 Å². The van der Waals surface area contributed by atoms with Gasteiger partial charge < -0.3 is 15.0 Å². The van der Waals surface area contributed by atoms with Crippen LogP contribution in [0.4, 0.5) is 18.3 Å². The largest absolute Gasteiger partial charge is 0.491 e. The summed E-state index contributed by atoms with van der Waals surface area (Å²) in [6.45, 7) is 2.89. The lowest BCUT2D eigenvalue weighted by Gasteiger charge is -2.50. The summed E-state index contributed by atoms with van der Waals surface area (Å²) in [4.78, 5) is 18.5. The summed E-state index contributed by atoms with van der Waals surface area (Å²) >= 11 is 1.46. The van der Waals surface area contributed by atoms with Crippen molar-refractivity contribution in [1.82, 2.24) is 30.7 Å². The molecule has 35 heavy (non-hydrogen) atoms. The Morgan fingerprint density at radius 1 is 1.20 bits per heavy atom. The van der Waals surface area contributed by atoms with Gasteiger partial charge in [0.2, 0.25) is 0 Å². The zero-order valence-electron chi connectivity index (χ0n) is 18.0. The van der Waals surface area contributed by atoms with E-state index in [2.05, 4.69) is 35.6 Å². The number of hydrogen-bond donors (Lipinski definition) is 2. The first-order valence-electron chi connectivity index (χ1n) is 10.9. The summed E-state index contributed by atoms with van der Waals surface area (Å²) in [5.41, 5.74) is 2.09. The van der Waals surface area contributed by atoms with Crippen LogP contribution >= 0.6 is 11.3 Å². The number of esters is 1. The maximum Gasteiger partial charge on any atom is 0.491 e. The van der Waals surface area contributed by atoms with E-state index in [1.165, 1.54) is 23.6 Å². The predicted molar refractivity (Wildman–Crippen MR) is 122 cm³/mol. The standard InChI is InChI=1S/C22H18F3N7O2S/c23-22(24,25)20(33)34-17-5-11(13-7-27-28-8-13)1-2-14(17)15-6-18-19(31-30-15)29-21(35-18)32-10-12-3-4-26-9-16(12)32/h1-2,5-8,12,16,26H,3-4,9-10H2,(H,27,28)/t12-,16-/m1/s1. The van der Waals surface area contributed by atoms with Gasteiger partial charge in [-0.25, -0.2) is 4.79 Å². The summed E-state index contributed by atoms with van der Waals surface area (Å²) in [5, 5.41) is 19.1. The number of hydrogen-bond acceptors (Lipinski definition) is 9. The number of benzene rings is 1. The van der Waals surface area contributed by atoms with Crippen LogP contribution in [-0.4, -0.2) is 63.2 Å². The Labute approximate surface area is 200 Å². The number of aromatic amines is 1. The molecule has 9 nitrogen and oxygen atoms in total. The molecule has 0 unspecified atom stereocenters. The van der Waals surface area contributed by atoms with Gasteiger partial charge in [-0.2, -0.15) is 23.3 Å². The third-order valence-electron chi connectivity index (χ3n) is 6.33. The average molecular weight is 501 g/mol. The maximum absolute atomic E-state index is 13.0. The smallest absolute Gasteiger partial charge is 0.419 e. The van der Waals surface area contributed by atoms with Crippen LogP contribution in [0.1, 0.15) is 6.42 Å². The highest BCUT2D eigenvalue weighted by atomic mass is 32.1. The van der Waals surface area contributed by atoms with Crippen LogP contribution in [0.5, 0.6) is 5.75 Å². The Kier molecular flexibility index (Phi) is 5.18. The van der Waals surface area contributed by atoms with Crippen LogP contribution in [0.25, 0.3) is 32.7 Å². The minimum atomic E-state index is -5.14. The minimum Gasteiger partial charge on any atom is -0.419 e. The number of alkyl halides is 3. The number of rotatable bonds is 4. The summed E-state index contributed by atoms with van der Waals surface area (Å²) in [6.07, 6.45) is -0.910. The molecule has 2 saturated heterocycles. The third kappa shape index (κ3) is 4.00. The Morgan fingerprint density at radius 3 is 2.86 bits per heavy atom. The van der Waals surface area contributed by atoms with Crippen molar-refractivity contribution in [2.75, 3.05) is 24.5 Å². The van der Waals surface area contributed by atoms with E-state index in [1.807, 2.05) is 0 Å². The normalized spacial score (nSPS) is 19.9. The molecule has 0 bridgehead atoms. The number of fused-ring (bicyclic) bond motifs is 2. The molecule has 180 valence electrons. The molecular formula is C22H18F3N7O2S. The van der Waals surface area contributed by atoms with Gasteiger partial charge in [-0.05, 0) is 42.6 Å². The molecule has 2 aliphatic rings. The number of carbonyl (C=O) groups excluding carboxylic acids is 1. The van der Waals surface area contributed by atoms with E-state index in [-0.39, 0.29) is 17.0 Å². The predicted octanol–water partition coefficient (Wildman–Crippen LogP) is 3.41. The molecule has 2 N–H and O–H groups in total. The number of H-pyrrole nitrogens is 1. The van der Waals surface area contributed by atoms with Crippen LogP contribution in [0.15, 0.2) is 36.7 Å². The molecule has 2 fully saturated rings. The topological polar surface area (TPSA) is 109 Å². The molecule has 6 rings (SSSR count). The van der Waals surface area contributed by atoms with Gasteiger partial charge in [0, 0.05) is 36.5 Å². The number of piperidine rings is 1. The van der Waals surface area contributed by atoms with E-state index >= 15 is 0 Å². The van der Waals surface area contributed by atoms with Crippen LogP contribution in [-0.2, 0) is 4.79 Å². The van der Waals surface area contributed by atoms with E-state index in [0.29, 0.717) is 28.7 Å². The molecule has 4 aromatic rings. The number of thiazole rings is 1. The first kappa shape index (κ1) is 21.9. The highest BCUT2D eigenvalue weighted by Crippen LogP contribution is 2.40. The van der Waals surface area contributed by atoms with Crippen LogP contribution in [0.3, 0.4) is 0 Å².